The zero-order valence-electron chi connectivity index (χ0n) is 16.2. The second-order valence-corrected chi connectivity index (χ2v) is 7.70. The first-order valence-electron chi connectivity index (χ1n) is 9.65. The van der Waals surface area contributed by atoms with Crippen LogP contribution >= 0.6 is 11.6 Å². The number of amides is 1. The van der Waals surface area contributed by atoms with E-state index in [1.54, 1.807) is 4.90 Å². The molecule has 3 aromatic rings. The van der Waals surface area contributed by atoms with Crippen LogP contribution in [0.5, 0.6) is 0 Å². The molecule has 29 heavy (non-hydrogen) atoms. The molecule has 0 saturated carbocycles. The molecule has 0 spiro atoms. The summed E-state index contributed by atoms with van der Waals surface area (Å²) in [5, 5.41) is 0.689. The van der Waals surface area contributed by atoms with Crippen LogP contribution in [-0.2, 0) is 24.1 Å². The maximum Gasteiger partial charge on any atom is 0.230 e. The highest BCUT2D eigenvalue weighted by Gasteiger charge is 2.31. The third-order valence-electron chi connectivity index (χ3n) is 5.15. The molecule has 0 N–H and O–H groups in total. The molecule has 2 aromatic carbocycles. The summed E-state index contributed by atoms with van der Waals surface area (Å²) >= 11 is 6.10. The Hall–Kier alpha value is -3.09. The lowest BCUT2D eigenvalue weighted by molar-refractivity contribution is -0.122. The first kappa shape index (κ1) is 19.2. The van der Waals surface area contributed by atoms with E-state index in [4.69, 9.17) is 16.6 Å². The molecule has 1 aliphatic heterocycles. The van der Waals surface area contributed by atoms with Crippen LogP contribution in [0.2, 0.25) is 5.02 Å². The SMILES string of the molecule is CN1C(=O)C(Cc2cccc(Cl)c2)Cc2nc(C#CCc3ccccc3)ccc21. The normalized spacial score (nSPS) is 15.4. The Morgan fingerprint density at radius 1 is 1.07 bits per heavy atom. The average molecular weight is 401 g/mol. The van der Waals surface area contributed by atoms with Crippen LogP contribution in [0.25, 0.3) is 0 Å². The third kappa shape index (κ3) is 4.50. The third-order valence-corrected chi connectivity index (χ3v) is 5.39. The van der Waals surface area contributed by atoms with Gasteiger partial charge in [-0.3, -0.25) is 4.79 Å². The number of fused-ring (bicyclic) bond motifs is 1. The van der Waals surface area contributed by atoms with E-state index in [1.165, 1.54) is 5.56 Å². The maximum absolute atomic E-state index is 12.8. The number of hydrogen-bond acceptors (Lipinski definition) is 2. The van der Waals surface area contributed by atoms with Gasteiger partial charge in [0, 0.05) is 30.8 Å². The van der Waals surface area contributed by atoms with Crippen molar-refractivity contribution >= 4 is 23.2 Å². The zero-order chi connectivity index (χ0) is 20.2. The van der Waals surface area contributed by atoms with Gasteiger partial charge in [0.15, 0.2) is 0 Å². The van der Waals surface area contributed by atoms with Gasteiger partial charge in [0.25, 0.3) is 0 Å². The summed E-state index contributed by atoms with van der Waals surface area (Å²) < 4.78 is 0. The van der Waals surface area contributed by atoms with Gasteiger partial charge >= 0.3 is 0 Å². The molecule has 2 heterocycles. The van der Waals surface area contributed by atoms with Crippen LogP contribution in [0.1, 0.15) is 22.5 Å². The average Bonchev–Trinajstić information content (AvgIpc) is 2.72. The van der Waals surface area contributed by atoms with Gasteiger partial charge in [0.2, 0.25) is 5.91 Å². The largest absolute Gasteiger partial charge is 0.313 e. The van der Waals surface area contributed by atoms with Gasteiger partial charge in [-0.2, -0.15) is 0 Å². The molecule has 1 aliphatic rings. The van der Waals surface area contributed by atoms with Crippen molar-refractivity contribution in [2.45, 2.75) is 19.3 Å². The summed E-state index contributed by atoms with van der Waals surface area (Å²) in [5.74, 6) is 6.32. The lowest BCUT2D eigenvalue weighted by Crippen LogP contribution is -2.40. The molecule has 1 unspecified atom stereocenters. The molecule has 1 amide bonds. The quantitative estimate of drug-likeness (QED) is 0.596. The van der Waals surface area contributed by atoms with E-state index in [0.717, 1.165) is 22.6 Å². The number of nitrogens with zero attached hydrogens (tertiary/aromatic N) is 2. The summed E-state index contributed by atoms with van der Waals surface area (Å²) in [6.07, 6.45) is 1.95. The van der Waals surface area contributed by atoms with Gasteiger partial charge < -0.3 is 4.90 Å². The van der Waals surface area contributed by atoms with E-state index in [2.05, 4.69) is 24.0 Å². The van der Waals surface area contributed by atoms with Crippen molar-refractivity contribution in [2.75, 3.05) is 11.9 Å². The molecule has 1 atom stereocenters. The van der Waals surface area contributed by atoms with Crippen molar-refractivity contribution in [1.82, 2.24) is 4.98 Å². The topological polar surface area (TPSA) is 33.2 Å². The summed E-state index contributed by atoms with van der Waals surface area (Å²) in [6, 6.07) is 21.7. The highest BCUT2D eigenvalue weighted by atomic mass is 35.5. The number of halogens is 1. The number of aromatic nitrogens is 1. The van der Waals surface area contributed by atoms with Gasteiger partial charge in [-0.25, -0.2) is 4.98 Å². The van der Waals surface area contributed by atoms with E-state index >= 15 is 0 Å². The molecule has 0 aliphatic carbocycles. The number of pyridine rings is 1. The van der Waals surface area contributed by atoms with Gasteiger partial charge in [0.1, 0.15) is 5.69 Å². The summed E-state index contributed by atoms with van der Waals surface area (Å²) in [7, 11) is 1.81. The van der Waals surface area contributed by atoms with Crippen LogP contribution in [0.15, 0.2) is 66.7 Å². The van der Waals surface area contributed by atoms with E-state index in [-0.39, 0.29) is 11.8 Å². The monoisotopic (exact) mass is 400 g/mol. The Balaban J connectivity index is 1.53. The van der Waals surface area contributed by atoms with Crippen molar-refractivity contribution in [3.05, 3.63) is 94.3 Å². The van der Waals surface area contributed by atoms with Crippen LogP contribution in [-0.4, -0.2) is 17.9 Å². The van der Waals surface area contributed by atoms with Crippen molar-refractivity contribution in [3.63, 3.8) is 0 Å². The first-order chi connectivity index (χ1) is 14.1. The zero-order valence-corrected chi connectivity index (χ0v) is 17.0. The fourth-order valence-electron chi connectivity index (χ4n) is 3.67. The van der Waals surface area contributed by atoms with Crippen molar-refractivity contribution in [1.29, 1.82) is 0 Å². The van der Waals surface area contributed by atoms with Gasteiger partial charge in [-0.1, -0.05) is 60.0 Å². The minimum Gasteiger partial charge on any atom is -0.313 e. The van der Waals surface area contributed by atoms with Crippen LogP contribution in [0.3, 0.4) is 0 Å². The summed E-state index contributed by atoms with van der Waals surface area (Å²) in [5.41, 5.74) is 4.77. The number of benzene rings is 2. The van der Waals surface area contributed by atoms with E-state index in [0.29, 0.717) is 24.3 Å². The van der Waals surface area contributed by atoms with E-state index in [1.807, 2.05) is 61.6 Å². The highest BCUT2D eigenvalue weighted by molar-refractivity contribution is 6.30. The molecular weight excluding hydrogens is 380 g/mol. The highest BCUT2D eigenvalue weighted by Crippen LogP contribution is 2.30. The Morgan fingerprint density at radius 3 is 2.66 bits per heavy atom. The van der Waals surface area contributed by atoms with E-state index in [9.17, 15) is 4.79 Å². The molecule has 0 saturated heterocycles. The maximum atomic E-state index is 12.8. The molecule has 3 nitrogen and oxygen atoms in total. The number of hydrogen-bond donors (Lipinski definition) is 0. The number of carbonyl (C=O) groups excluding carboxylic acids is 1. The number of anilines is 1. The predicted molar refractivity (Wildman–Crippen MR) is 117 cm³/mol. The summed E-state index contributed by atoms with van der Waals surface area (Å²) in [4.78, 5) is 19.3. The Bertz CT molecular complexity index is 1100. The van der Waals surface area contributed by atoms with Crippen LogP contribution in [0, 0.1) is 17.8 Å². The minimum atomic E-state index is -0.147. The van der Waals surface area contributed by atoms with Crippen molar-refractivity contribution in [3.8, 4) is 11.8 Å². The van der Waals surface area contributed by atoms with Crippen molar-refractivity contribution < 1.29 is 4.79 Å². The second-order valence-electron chi connectivity index (χ2n) is 7.26. The Kier molecular flexibility index (Phi) is 5.64. The van der Waals surface area contributed by atoms with Gasteiger partial charge in [-0.15, -0.1) is 0 Å². The second kappa shape index (κ2) is 8.51. The molecule has 0 radical (unpaired) electrons. The minimum absolute atomic E-state index is 0.113. The molecule has 4 heteroatoms. The standard InChI is InChI=1S/C25H21ClN2O/c1-28-24-14-13-22(12-6-9-18-7-3-2-4-8-18)27-23(24)17-20(25(28)29)15-19-10-5-11-21(26)16-19/h2-5,7-8,10-11,13-14,16,20H,9,15,17H2,1H3. The van der Waals surface area contributed by atoms with E-state index < -0.39 is 0 Å². The lowest BCUT2D eigenvalue weighted by atomic mass is 9.89. The van der Waals surface area contributed by atoms with Crippen LogP contribution in [0.4, 0.5) is 5.69 Å². The van der Waals surface area contributed by atoms with Gasteiger partial charge in [-0.05, 0) is 47.7 Å². The Morgan fingerprint density at radius 2 is 1.86 bits per heavy atom. The fraction of sp³-hybridized carbons (Fsp3) is 0.200. The van der Waals surface area contributed by atoms with Gasteiger partial charge in [0.05, 0.1) is 11.4 Å². The molecule has 1 aromatic heterocycles. The Labute approximate surface area is 176 Å². The number of rotatable bonds is 3. The molecule has 4 rings (SSSR count). The van der Waals surface area contributed by atoms with Crippen molar-refractivity contribution in [2.24, 2.45) is 5.92 Å². The van der Waals surface area contributed by atoms with Crippen LogP contribution < -0.4 is 4.90 Å². The lowest BCUT2D eigenvalue weighted by Gasteiger charge is -2.31. The molecule has 0 bridgehead atoms. The summed E-state index contributed by atoms with van der Waals surface area (Å²) in [6.45, 7) is 0. The fourth-order valence-corrected chi connectivity index (χ4v) is 3.89. The smallest absolute Gasteiger partial charge is 0.230 e. The molecule has 0 fully saturated rings. The molecular formula is C25H21ClN2O. The predicted octanol–water partition coefficient (Wildman–Crippen LogP) is 4.71. The number of carbonyl (C=O) groups is 1. The first-order valence-corrected chi connectivity index (χ1v) is 10.0. The molecule has 144 valence electrons.